The third-order valence-electron chi connectivity index (χ3n) is 4.56. The number of ether oxygens (including phenoxy) is 1. The molecule has 0 aromatic heterocycles. The van der Waals surface area contributed by atoms with E-state index in [-0.39, 0.29) is 5.69 Å². The number of anilines is 1. The van der Waals surface area contributed by atoms with Crippen molar-refractivity contribution in [2.24, 2.45) is 5.10 Å². The highest BCUT2D eigenvalue weighted by Crippen LogP contribution is 2.29. The summed E-state index contributed by atoms with van der Waals surface area (Å²) in [6.45, 7) is 1.77. The van der Waals surface area contributed by atoms with Crippen LogP contribution in [0.5, 0.6) is 5.75 Å². The molecular weight excluding hydrogens is 460 g/mol. The van der Waals surface area contributed by atoms with Crippen LogP contribution in [0, 0.1) is 10.1 Å². The van der Waals surface area contributed by atoms with Crippen LogP contribution in [0.1, 0.15) is 12.5 Å². The number of hydrogen-bond donors (Lipinski definition) is 1. The zero-order valence-electron chi connectivity index (χ0n) is 18.2. The van der Waals surface area contributed by atoms with Crippen molar-refractivity contribution < 1.29 is 22.9 Å². The van der Waals surface area contributed by atoms with Crippen molar-refractivity contribution in [2.45, 2.75) is 11.8 Å². The largest absolute Gasteiger partial charge is 0.494 e. The molecule has 0 saturated heterocycles. The summed E-state index contributed by atoms with van der Waals surface area (Å²) >= 11 is 0. The molecule has 0 fully saturated rings. The van der Waals surface area contributed by atoms with Gasteiger partial charge in [-0.25, -0.2) is 13.8 Å². The lowest BCUT2D eigenvalue weighted by atomic mass is 10.2. The molecule has 0 aliphatic heterocycles. The number of carbonyl (C=O) groups is 1. The van der Waals surface area contributed by atoms with Crippen molar-refractivity contribution >= 4 is 33.5 Å². The summed E-state index contributed by atoms with van der Waals surface area (Å²) in [6, 6.07) is 19.8. The lowest BCUT2D eigenvalue weighted by Crippen LogP contribution is -2.39. The second-order valence-electron chi connectivity index (χ2n) is 6.87. The smallest absolute Gasteiger partial charge is 0.289 e. The van der Waals surface area contributed by atoms with Gasteiger partial charge in [0.05, 0.1) is 23.4 Å². The molecule has 3 aromatic rings. The predicted molar refractivity (Wildman–Crippen MR) is 127 cm³/mol. The number of nitrogens with one attached hydrogen (secondary N) is 1. The van der Waals surface area contributed by atoms with E-state index < -0.39 is 38.0 Å². The summed E-state index contributed by atoms with van der Waals surface area (Å²) in [5, 5.41) is 15.3. The van der Waals surface area contributed by atoms with Crippen LogP contribution in [0.25, 0.3) is 0 Å². The highest BCUT2D eigenvalue weighted by Gasteiger charge is 2.32. The highest BCUT2D eigenvalue weighted by atomic mass is 32.2. The predicted octanol–water partition coefficient (Wildman–Crippen LogP) is 3.34. The van der Waals surface area contributed by atoms with Crippen LogP contribution in [-0.2, 0) is 14.8 Å². The standard InChI is InChI=1S/C23H22N4O6S/c1-2-33-20-14-12-18(13-15-20)16-24-25-23(28)17-26(19-8-4-3-5-9-19)34(31,32)22-11-7-6-10-21(22)27(29)30/h3-16H,2,17H2,1H3,(H,25,28)/b24-16-. The van der Waals surface area contributed by atoms with Gasteiger partial charge < -0.3 is 4.74 Å². The number of para-hydroxylation sites is 2. The third-order valence-corrected chi connectivity index (χ3v) is 6.38. The van der Waals surface area contributed by atoms with E-state index in [2.05, 4.69) is 10.5 Å². The number of rotatable bonds is 10. The Morgan fingerprint density at radius 3 is 2.35 bits per heavy atom. The highest BCUT2D eigenvalue weighted by molar-refractivity contribution is 7.93. The summed E-state index contributed by atoms with van der Waals surface area (Å²) in [5.74, 6) is -0.0319. The summed E-state index contributed by atoms with van der Waals surface area (Å²) in [7, 11) is -4.45. The first-order chi connectivity index (χ1) is 16.3. The number of amides is 1. The van der Waals surface area contributed by atoms with Crippen molar-refractivity contribution in [1.82, 2.24) is 5.43 Å². The van der Waals surface area contributed by atoms with Gasteiger partial charge >= 0.3 is 0 Å². The zero-order valence-corrected chi connectivity index (χ0v) is 19.0. The topological polar surface area (TPSA) is 131 Å². The minimum absolute atomic E-state index is 0.172. The first kappa shape index (κ1) is 24.4. The van der Waals surface area contributed by atoms with E-state index in [0.29, 0.717) is 17.9 Å². The molecule has 3 rings (SSSR count). The van der Waals surface area contributed by atoms with E-state index in [9.17, 15) is 23.3 Å². The molecule has 0 heterocycles. The van der Waals surface area contributed by atoms with Gasteiger partial charge in [-0.1, -0.05) is 30.3 Å². The van der Waals surface area contributed by atoms with Gasteiger partial charge in [-0.3, -0.25) is 19.2 Å². The molecule has 3 aromatic carbocycles. The molecule has 34 heavy (non-hydrogen) atoms. The molecule has 0 aliphatic carbocycles. The number of hydrazone groups is 1. The summed E-state index contributed by atoms with van der Waals surface area (Å²) in [5.41, 5.74) is 2.57. The Balaban J connectivity index is 1.82. The van der Waals surface area contributed by atoms with Crippen LogP contribution in [0.3, 0.4) is 0 Å². The Bertz CT molecular complexity index is 1280. The van der Waals surface area contributed by atoms with Crippen molar-refractivity contribution in [3.63, 3.8) is 0 Å². The lowest BCUT2D eigenvalue weighted by molar-refractivity contribution is -0.387. The number of nitro groups is 1. The van der Waals surface area contributed by atoms with E-state index in [0.717, 1.165) is 16.4 Å². The maximum atomic E-state index is 13.4. The Labute approximate surface area is 196 Å². The minimum Gasteiger partial charge on any atom is -0.494 e. The van der Waals surface area contributed by atoms with Crippen LogP contribution in [0.4, 0.5) is 11.4 Å². The molecule has 0 spiro atoms. The molecule has 0 radical (unpaired) electrons. The maximum Gasteiger partial charge on any atom is 0.289 e. The van der Waals surface area contributed by atoms with E-state index in [1.54, 1.807) is 42.5 Å². The van der Waals surface area contributed by atoms with Gasteiger partial charge in [0.2, 0.25) is 0 Å². The van der Waals surface area contributed by atoms with E-state index in [1.807, 2.05) is 6.92 Å². The summed E-state index contributed by atoms with van der Waals surface area (Å²) in [4.78, 5) is 22.7. The molecule has 176 valence electrons. The fraction of sp³-hybridized carbons (Fsp3) is 0.130. The van der Waals surface area contributed by atoms with Gasteiger partial charge in [0, 0.05) is 6.07 Å². The third kappa shape index (κ3) is 5.95. The second-order valence-corrected chi connectivity index (χ2v) is 8.70. The fourth-order valence-corrected chi connectivity index (χ4v) is 4.60. The molecule has 0 saturated carbocycles. The minimum atomic E-state index is -4.45. The number of nitro benzene ring substituents is 1. The Morgan fingerprint density at radius 1 is 1.06 bits per heavy atom. The number of carbonyl (C=O) groups excluding carboxylic acids is 1. The molecule has 1 N–H and O–H groups in total. The first-order valence-corrected chi connectivity index (χ1v) is 11.6. The van der Waals surface area contributed by atoms with Crippen LogP contribution in [0.15, 0.2) is 88.9 Å². The number of sulfonamides is 1. The molecule has 0 unspecified atom stereocenters. The van der Waals surface area contributed by atoms with E-state index in [4.69, 9.17) is 4.74 Å². The number of hydrogen-bond acceptors (Lipinski definition) is 7. The van der Waals surface area contributed by atoms with Crippen LogP contribution in [-0.4, -0.2) is 38.6 Å². The molecule has 0 atom stereocenters. The van der Waals surface area contributed by atoms with Crippen LogP contribution >= 0.6 is 0 Å². The average molecular weight is 483 g/mol. The van der Waals surface area contributed by atoms with Crippen molar-refractivity contribution in [3.05, 3.63) is 94.5 Å². The summed E-state index contributed by atoms with van der Waals surface area (Å²) in [6.07, 6.45) is 1.40. The van der Waals surface area contributed by atoms with Gasteiger partial charge in [0.15, 0.2) is 4.90 Å². The molecule has 1 amide bonds. The fourth-order valence-electron chi connectivity index (χ4n) is 3.02. The number of benzene rings is 3. The van der Waals surface area contributed by atoms with Crippen LogP contribution < -0.4 is 14.5 Å². The van der Waals surface area contributed by atoms with Gasteiger partial charge in [-0.05, 0) is 55.0 Å². The molecule has 0 aliphatic rings. The van der Waals surface area contributed by atoms with Crippen LogP contribution in [0.2, 0.25) is 0 Å². The quantitative estimate of drug-likeness (QED) is 0.268. The second kappa shape index (κ2) is 11.1. The monoisotopic (exact) mass is 482 g/mol. The van der Waals surface area contributed by atoms with Gasteiger partial charge in [-0.2, -0.15) is 5.10 Å². The molecule has 11 heteroatoms. The number of nitrogens with zero attached hydrogens (tertiary/aromatic N) is 3. The Kier molecular flexibility index (Phi) is 7.93. The average Bonchev–Trinajstić information content (AvgIpc) is 2.84. The van der Waals surface area contributed by atoms with Gasteiger partial charge in [0.25, 0.3) is 21.6 Å². The van der Waals surface area contributed by atoms with Crippen molar-refractivity contribution in [1.29, 1.82) is 0 Å². The SMILES string of the molecule is CCOc1ccc(/C=N\NC(=O)CN(c2ccccc2)S(=O)(=O)c2ccccc2[N+](=O)[O-])cc1. The zero-order chi connectivity index (χ0) is 24.6. The molecule has 10 nitrogen and oxygen atoms in total. The van der Waals surface area contributed by atoms with E-state index >= 15 is 0 Å². The lowest BCUT2D eigenvalue weighted by Gasteiger charge is -2.23. The van der Waals surface area contributed by atoms with Crippen molar-refractivity contribution in [3.8, 4) is 5.75 Å². The normalized spacial score (nSPS) is 11.2. The molecule has 0 bridgehead atoms. The van der Waals surface area contributed by atoms with Gasteiger partial charge in [0.1, 0.15) is 12.3 Å². The van der Waals surface area contributed by atoms with E-state index in [1.165, 1.54) is 30.5 Å². The Morgan fingerprint density at radius 2 is 1.71 bits per heavy atom. The first-order valence-electron chi connectivity index (χ1n) is 10.2. The maximum absolute atomic E-state index is 13.4. The van der Waals surface area contributed by atoms with Crippen molar-refractivity contribution in [2.75, 3.05) is 17.5 Å². The Hall–Kier alpha value is -4.25. The van der Waals surface area contributed by atoms with Gasteiger partial charge in [-0.15, -0.1) is 0 Å². The molecular formula is C23H22N4O6S. The summed E-state index contributed by atoms with van der Waals surface area (Å²) < 4.78 is 32.9.